The first kappa shape index (κ1) is 24.0. The molecular formula is C20H14ClF3N2O4S2. The molecule has 1 heterocycles. The number of thiazole rings is 1. The zero-order valence-electron chi connectivity index (χ0n) is 16.3. The van der Waals surface area contributed by atoms with Gasteiger partial charge in [0.05, 0.1) is 38.5 Å². The van der Waals surface area contributed by atoms with E-state index >= 15 is 0 Å². The number of aromatic nitrogens is 1. The molecule has 1 aromatic heterocycles. The summed E-state index contributed by atoms with van der Waals surface area (Å²) in [5, 5.41) is 9.15. The van der Waals surface area contributed by atoms with Gasteiger partial charge in [-0.1, -0.05) is 23.7 Å². The Labute approximate surface area is 190 Å². The van der Waals surface area contributed by atoms with Crippen LogP contribution in [0.4, 0.5) is 13.2 Å². The molecule has 168 valence electrons. The molecule has 0 aliphatic carbocycles. The fourth-order valence-electron chi connectivity index (χ4n) is 2.71. The minimum Gasteiger partial charge on any atom is -0.488 e. The van der Waals surface area contributed by atoms with E-state index < -0.39 is 28.0 Å². The first-order valence-corrected chi connectivity index (χ1v) is 11.9. The van der Waals surface area contributed by atoms with Crippen LogP contribution >= 0.6 is 22.9 Å². The fraction of sp³-hybridized carbons (Fsp3) is 0.200. The summed E-state index contributed by atoms with van der Waals surface area (Å²) in [5.74, 6) is 0.364. The number of rotatable bonds is 7. The molecule has 0 spiro atoms. The van der Waals surface area contributed by atoms with Crippen LogP contribution in [0.25, 0.3) is 0 Å². The van der Waals surface area contributed by atoms with E-state index in [-0.39, 0.29) is 28.5 Å². The topological polar surface area (TPSA) is 89.3 Å². The average molecular weight is 503 g/mol. The molecule has 0 amide bonds. The maximum Gasteiger partial charge on any atom is 0.416 e. The van der Waals surface area contributed by atoms with Gasteiger partial charge < -0.3 is 4.74 Å². The number of hydrogen-bond donors (Lipinski definition) is 0. The predicted octanol–water partition coefficient (Wildman–Crippen LogP) is 5.33. The second kappa shape index (κ2) is 9.46. The molecule has 0 aliphatic rings. The van der Waals surface area contributed by atoms with E-state index in [0.29, 0.717) is 10.6 Å². The zero-order valence-corrected chi connectivity index (χ0v) is 18.6. The maximum absolute atomic E-state index is 12.9. The quantitative estimate of drug-likeness (QED) is 0.406. The van der Waals surface area contributed by atoms with Crippen molar-refractivity contribution in [3.05, 3.63) is 80.3 Å². The van der Waals surface area contributed by atoms with Crippen molar-refractivity contribution in [1.29, 1.82) is 5.26 Å². The van der Waals surface area contributed by atoms with Gasteiger partial charge in [-0.25, -0.2) is 4.98 Å². The van der Waals surface area contributed by atoms with Gasteiger partial charge >= 0.3 is 6.18 Å². The largest absolute Gasteiger partial charge is 0.488 e. The second-order valence-electron chi connectivity index (χ2n) is 6.50. The van der Waals surface area contributed by atoms with Crippen LogP contribution in [0.2, 0.25) is 5.02 Å². The molecule has 2 aromatic carbocycles. The van der Waals surface area contributed by atoms with Crippen LogP contribution in [0.1, 0.15) is 33.4 Å². The molecule has 12 heteroatoms. The smallest absolute Gasteiger partial charge is 0.416 e. The van der Waals surface area contributed by atoms with Gasteiger partial charge in [-0.2, -0.15) is 26.9 Å². The van der Waals surface area contributed by atoms with Gasteiger partial charge in [0.25, 0.3) is 10.1 Å². The first-order valence-electron chi connectivity index (χ1n) is 8.78. The van der Waals surface area contributed by atoms with Gasteiger partial charge in [-0.15, -0.1) is 11.3 Å². The van der Waals surface area contributed by atoms with E-state index in [9.17, 15) is 21.6 Å². The van der Waals surface area contributed by atoms with Gasteiger partial charge in [0, 0.05) is 6.07 Å². The van der Waals surface area contributed by atoms with E-state index in [1.807, 2.05) is 6.07 Å². The van der Waals surface area contributed by atoms with Crippen LogP contribution in [0.15, 0.2) is 48.0 Å². The molecule has 0 aliphatic heterocycles. The van der Waals surface area contributed by atoms with Gasteiger partial charge in [0.1, 0.15) is 24.5 Å². The highest BCUT2D eigenvalue weighted by Crippen LogP contribution is 2.35. The number of alkyl halides is 3. The molecular weight excluding hydrogens is 489 g/mol. The Morgan fingerprint density at radius 2 is 1.91 bits per heavy atom. The van der Waals surface area contributed by atoms with E-state index in [1.54, 1.807) is 6.07 Å². The SMILES string of the molecule is CS(=O)(=O)OC(c1ccc(C(F)(F)F)cc1)c1ncsc1COc1ccc(C#N)c(Cl)c1. The highest BCUT2D eigenvalue weighted by atomic mass is 35.5. The lowest BCUT2D eigenvalue weighted by atomic mass is 10.0. The Morgan fingerprint density at radius 1 is 1.22 bits per heavy atom. The van der Waals surface area contributed by atoms with Crippen molar-refractivity contribution in [2.75, 3.05) is 6.26 Å². The van der Waals surface area contributed by atoms with Crippen molar-refractivity contribution in [2.45, 2.75) is 18.9 Å². The number of nitrogens with zero attached hydrogens (tertiary/aromatic N) is 2. The van der Waals surface area contributed by atoms with Crippen molar-refractivity contribution < 1.29 is 30.5 Å². The Morgan fingerprint density at radius 3 is 2.47 bits per heavy atom. The van der Waals surface area contributed by atoms with Crippen molar-refractivity contribution >= 4 is 33.1 Å². The van der Waals surface area contributed by atoms with Gasteiger partial charge in [0.15, 0.2) is 0 Å². The molecule has 1 atom stereocenters. The summed E-state index contributed by atoms with van der Waals surface area (Å²) in [4.78, 5) is 4.66. The summed E-state index contributed by atoms with van der Waals surface area (Å²) < 4.78 is 73.1. The second-order valence-corrected chi connectivity index (χ2v) is 9.45. The molecule has 3 aromatic rings. The monoisotopic (exact) mass is 502 g/mol. The highest BCUT2D eigenvalue weighted by Gasteiger charge is 2.31. The lowest BCUT2D eigenvalue weighted by Gasteiger charge is -2.18. The van der Waals surface area contributed by atoms with E-state index in [1.165, 1.54) is 17.6 Å². The standard InChI is InChI=1S/C20H14ClF3N2O4S2/c1-32(27,28)30-19(12-2-5-14(6-3-12)20(22,23)24)18-17(31-11-26-18)10-29-15-7-4-13(9-25)16(21)8-15/h2-8,11,19H,10H2,1H3. The Hall–Kier alpha value is -2.65. The zero-order chi connectivity index (χ0) is 23.5. The predicted molar refractivity (Wildman–Crippen MR) is 112 cm³/mol. The minimum atomic E-state index is -4.53. The Kier molecular flexibility index (Phi) is 7.09. The normalized spacial score (nSPS) is 12.9. The van der Waals surface area contributed by atoms with Crippen molar-refractivity contribution in [2.24, 2.45) is 0 Å². The van der Waals surface area contributed by atoms with Gasteiger partial charge in [-0.3, -0.25) is 4.18 Å². The van der Waals surface area contributed by atoms with Crippen LogP contribution < -0.4 is 4.74 Å². The third-order valence-electron chi connectivity index (χ3n) is 4.16. The number of halogens is 4. The maximum atomic E-state index is 12.9. The molecule has 0 fully saturated rings. The van der Waals surface area contributed by atoms with E-state index in [0.717, 1.165) is 41.9 Å². The van der Waals surface area contributed by atoms with Crippen LogP contribution in [0, 0.1) is 11.3 Å². The lowest BCUT2D eigenvalue weighted by molar-refractivity contribution is -0.137. The highest BCUT2D eigenvalue weighted by molar-refractivity contribution is 7.86. The molecule has 0 radical (unpaired) electrons. The summed E-state index contributed by atoms with van der Waals surface area (Å²) in [6, 6.07) is 10.4. The number of nitriles is 1. The molecule has 0 N–H and O–H groups in total. The van der Waals surface area contributed by atoms with Crippen LogP contribution in [0.5, 0.6) is 5.75 Å². The lowest BCUT2D eigenvalue weighted by Crippen LogP contribution is -2.15. The molecule has 0 saturated carbocycles. The third-order valence-corrected chi connectivity index (χ3v) is 5.84. The third kappa shape index (κ3) is 5.98. The van der Waals surface area contributed by atoms with E-state index in [2.05, 4.69) is 4.98 Å². The van der Waals surface area contributed by atoms with Crippen LogP contribution in [-0.4, -0.2) is 19.7 Å². The molecule has 0 bridgehead atoms. The van der Waals surface area contributed by atoms with Gasteiger partial charge in [0.2, 0.25) is 0 Å². The molecule has 32 heavy (non-hydrogen) atoms. The Balaban J connectivity index is 1.90. The molecule has 0 saturated heterocycles. The Bertz CT molecular complexity index is 1250. The summed E-state index contributed by atoms with van der Waals surface area (Å²) >= 11 is 7.15. The number of benzene rings is 2. The average Bonchev–Trinajstić information content (AvgIpc) is 3.18. The minimum absolute atomic E-state index is 0.0352. The summed E-state index contributed by atoms with van der Waals surface area (Å²) in [7, 11) is -3.98. The van der Waals surface area contributed by atoms with Crippen molar-refractivity contribution in [3.8, 4) is 11.8 Å². The molecule has 1 unspecified atom stereocenters. The number of ether oxygens (including phenoxy) is 1. The number of hydrogen-bond acceptors (Lipinski definition) is 7. The molecule has 6 nitrogen and oxygen atoms in total. The van der Waals surface area contributed by atoms with Crippen molar-refractivity contribution in [1.82, 2.24) is 4.98 Å². The van der Waals surface area contributed by atoms with Gasteiger partial charge in [-0.05, 0) is 29.8 Å². The van der Waals surface area contributed by atoms with E-state index in [4.69, 9.17) is 25.8 Å². The van der Waals surface area contributed by atoms with Crippen LogP contribution in [-0.2, 0) is 27.1 Å². The molecule has 3 rings (SSSR count). The van der Waals surface area contributed by atoms with Crippen LogP contribution in [0.3, 0.4) is 0 Å². The summed E-state index contributed by atoms with van der Waals surface area (Å²) in [6.45, 7) is -0.0352. The first-order chi connectivity index (χ1) is 15.0. The van der Waals surface area contributed by atoms with Crippen molar-refractivity contribution in [3.63, 3.8) is 0 Å². The summed E-state index contributed by atoms with van der Waals surface area (Å²) in [6.07, 6.45) is -4.96. The fourth-order valence-corrected chi connectivity index (χ4v) is 4.17. The summed E-state index contributed by atoms with van der Waals surface area (Å²) in [5.41, 5.74) is 1.22.